The van der Waals surface area contributed by atoms with Crippen LogP contribution in [0.15, 0.2) is 24.3 Å². The van der Waals surface area contributed by atoms with Crippen LogP contribution in [0.5, 0.6) is 11.5 Å². The van der Waals surface area contributed by atoms with Crippen molar-refractivity contribution in [3.8, 4) is 11.5 Å². The number of halogens is 5. The average molecular weight is 361 g/mol. The molecule has 2 rings (SSSR count). The lowest BCUT2D eigenvalue weighted by Gasteiger charge is -2.12. The Bertz CT molecular complexity index is 782. The number of hydrogen-bond donors (Lipinski definition) is 1. The molecule has 0 fully saturated rings. The average Bonchev–Trinajstić information content (AvgIpc) is 2.54. The normalized spacial score (nSPS) is 10.7. The summed E-state index contributed by atoms with van der Waals surface area (Å²) in [5.74, 6) is -12.4. The molecule has 0 aliphatic carbocycles. The summed E-state index contributed by atoms with van der Waals surface area (Å²) in [6.07, 6.45) is -1.17. The first-order valence-electron chi connectivity index (χ1n) is 6.97. The number of ether oxygens (including phenoxy) is 2. The Kier molecular flexibility index (Phi) is 5.45. The fourth-order valence-electron chi connectivity index (χ4n) is 1.79. The van der Waals surface area contributed by atoms with Crippen molar-refractivity contribution >= 4 is 11.8 Å². The SMILES string of the molecule is CC(C)OC(=O)Nc1cccc(Oc2c(F)c(F)c(F)c(F)c2F)c1. The van der Waals surface area contributed by atoms with Crippen LogP contribution >= 0.6 is 0 Å². The van der Waals surface area contributed by atoms with E-state index in [9.17, 15) is 26.7 Å². The number of rotatable bonds is 4. The molecule has 0 atom stereocenters. The van der Waals surface area contributed by atoms with E-state index in [0.29, 0.717) is 0 Å². The Hall–Kier alpha value is -2.84. The molecule has 0 aliphatic rings. The number of anilines is 1. The molecule has 0 aromatic heterocycles. The van der Waals surface area contributed by atoms with Crippen molar-refractivity contribution in [3.05, 3.63) is 53.4 Å². The second-order valence-electron chi connectivity index (χ2n) is 5.11. The summed E-state index contributed by atoms with van der Waals surface area (Å²) in [7, 11) is 0. The number of nitrogens with one attached hydrogen (secondary N) is 1. The van der Waals surface area contributed by atoms with Crippen LogP contribution in [0, 0.1) is 29.1 Å². The van der Waals surface area contributed by atoms with Gasteiger partial charge in [-0.05, 0) is 26.0 Å². The fourth-order valence-corrected chi connectivity index (χ4v) is 1.79. The van der Waals surface area contributed by atoms with Gasteiger partial charge in [-0.15, -0.1) is 0 Å². The highest BCUT2D eigenvalue weighted by Gasteiger charge is 2.27. The van der Waals surface area contributed by atoms with Gasteiger partial charge in [0.05, 0.1) is 6.10 Å². The maximum Gasteiger partial charge on any atom is 0.411 e. The van der Waals surface area contributed by atoms with Crippen LogP contribution in [-0.2, 0) is 4.74 Å². The fraction of sp³-hybridized carbons (Fsp3) is 0.188. The van der Waals surface area contributed by atoms with Gasteiger partial charge in [0, 0.05) is 11.8 Å². The topological polar surface area (TPSA) is 47.6 Å². The monoisotopic (exact) mass is 361 g/mol. The highest BCUT2D eigenvalue weighted by Crippen LogP contribution is 2.33. The molecule has 25 heavy (non-hydrogen) atoms. The number of amides is 1. The quantitative estimate of drug-likeness (QED) is 0.466. The Morgan fingerprint density at radius 3 is 2.08 bits per heavy atom. The van der Waals surface area contributed by atoms with Crippen molar-refractivity contribution in [2.75, 3.05) is 5.32 Å². The maximum absolute atomic E-state index is 13.6. The summed E-state index contributed by atoms with van der Waals surface area (Å²) in [5.41, 5.74) is 0.132. The van der Waals surface area contributed by atoms with E-state index in [4.69, 9.17) is 9.47 Å². The van der Waals surface area contributed by atoms with Gasteiger partial charge >= 0.3 is 6.09 Å². The van der Waals surface area contributed by atoms with Gasteiger partial charge in [-0.1, -0.05) is 6.07 Å². The van der Waals surface area contributed by atoms with Crippen LogP contribution in [0.2, 0.25) is 0 Å². The van der Waals surface area contributed by atoms with Gasteiger partial charge in [-0.2, -0.15) is 8.78 Å². The van der Waals surface area contributed by atoms with Crippen LogP contribution in [0.3, 0.4) is 0 Å². The van der Waals surface area contributed by atoms with E-state index >= 15 is 0 Å². The second-order valence-corrected chi connectivity index (χ2v) is 5.11. The van der Waals surface area contributed by atoms with E-state index in [1.54, 1.807) is 13.8 Å². The van der Waals surface area contributed by atoms with Crippen molar-refractivity contribution in [2.45, 2.75) is 20.0 Å². The van der Waals surface area contributed by atoms with E-state index < -0.39 is 40.9 Å². The van der Waals surface area contributed by atoms with Crippen molar-refractivity contribution in [3.63, 3.8) is 0 Å². The van der Waals surface area contributed by atoms with Gasteiger partial charge < -0.3 is 9.47 Å². The van der Waals surface area contributed by atoms with Gasteiger partial charge in [0.1, 0.15) is 5.75 Å². The van der Waals surface area contributed by atoms with Crippen LogP contribution in [0.1, 0.15) is 13.8 Å². The zero-order chi connectivity index (χ0) is 18.7. The van der Waals surface area contributed by atoms with Gasteiger partial charge in [-0.25, -0.2) is 18.0 Å². The predicted octanol–water partition coefficient (Wildman–Crippen LogP) is 5.13. The molecular weight excluding hydrogens is 349 g/mol. The van der Waals surface area contributed by atoms with Crippen molar-refractivity contribution in [1.29, 1.82) is 0 Å². The lowest BCUT2D eigenvalue weighted by molar-refractivity contribution is 0.130. The highest BCUT2D eigenvalue weighted by molar-refractivity contribution is 5.84. The van der Waals surface area contributed by atoms with E-state index in [1.807, 2.05) is 0 Å². The molecule has 1 amide bonds. The van der Waals surface area contributed by atoms with E-state index in [-0.39, 0.29) is 17.5 Å². The van der Waals surface area contributed by atoms with Crippen molar-refractivity contribution in [1.82, 2.24) is 0 Å². The molecule has 0 spiro atoms. The molecule has 0 radical (unpaired) electrons. The van der Waals surface area contributed by atoms with Crippen LogP contribution in [-0.4, -0.2) is 12.2 Å². The van der Waals surface area contributed by atoms with Crippen molar-refractivity contribution in [2.24, 2.45) is 0 Å². The molecule has 134 valence electrons. The van der Waals surface area contributed by atoms with E-state index in [2.05, 4.69) is 5.32 Å². The molecule has 0 saturated heterocycles. The first kappa shape index (κ1) is 18.5. The second kappa shape index (κ2) is 7.37. The summed E-state index contributed by atoms with van der Waals surface area (Å²) in [5, 5.41) is 2.32. The minimum absolute atomic E-state index is 0.132. The van der Waals surface area contributed by atoms with Gasteiger partial charge in [0.25, 0.3) is 0 Å². The Morgan fingerprint density at radius 1 is 0.960 bits per heavy atom. The summed E-state index contributed by atoms with van der Waals surface area (Å²) in [4.78, 5) is 11.5. The maximum atomic E-state index is 13.6. The molecule has 0 heterocycles. The summed E-state index contributed by atoms with van der Waals surface area (Å²) < 4.78 is 76.2. The van der Waals surface area contributed by atoms with Gasteiger partial charge in [0.2, 0.25) is 34.8 Å². The highest BCUT2D eigenvalue weighted by atomic mass is 19.2. The minimum Gasteiger partial charge on any atom is -0.451 e. The number of hydrogen-bond acceptors (Lipinski definition) is 3. The zero-order valence-corrected chi connectivity index (χ0v) is 13.0. The Labute approximate surface area is 139 Å². The number of carbonyl (C=O) groups is 1. The first-order valence-corrected chi connectivity index (χ1v) is 6.97. The van der Waals surface area contributed by atoms with Crippen LogP contribution in [0.25, 0.3) is 0 Å². The third-order valence-corrected chi connectivity index (χ3v) is 2.81. The summed E-state index contributed by atoms with van der Waals surface area (Å²) in [6.45, 7) is 3.25. The lowest BCUT2D eigenvalue weighted by atomic mass is 10.2. The lowest BCUT2D eigenvalue weighted by Crippen LogP contribution is -2.17. The van der Waals surface area contributed by atoms with E-state index in [1.165, 1.54) is 18.2 Å². The molecule has 9 heteroatoms. The smallest absolute Gasteiger partial charge is 0.411 e. The molecule has 1 N–H and O–H groups in total. The molecule has 4 nitrogen and oxygen atoms in total. The Morgan fingerprint density at radius 2 is 1.52 bits per heavy atom. The standard InChI is InChI=1S/C16H12F5NO3/c1-7(2)24-16(23)22-8-4-3-5-9(6-8)25-15-13(20)11(18)10(17)12(19)14(15)21/h3-7H,1-2H3,(H,22,23). The molecule has 0 unspecified atom stereocenters. The molecule has 2 aromatic rings. The predicted molar refractivity (Wildman–Crippen MR) is 78.0 cm³/mol. The third-order valence-electron chi connectivity index (χ3n) is 2.81. The summed E-state index contributed by atoms with van der Waals surface area (Å²) >= 11 is 0. The number of carbonyl (C=O) groups excluding carboxylic acids is 1. The zero-order valence-electron chi connectivity index (χ0n) is 13.0. The van der Waals surface area contributed by atoms with Crippen LogP contribution < -0.4 is 10.1 Å². The summed E-state index contributed by atoms with van der Waals surface area (Å²) in [6, 6.07) is 5.08. The van der Waals surface area contributed by atoms with E-state index in [0.717, 1.165) is 6.07 Å². The molecule has 0 aliphatic heterocycles. The molecule has 0 saturated carbocycles. The number of benzene rings is 2. The minimum atomic E-state index is -2.28. The Balaban J connectivity index is 2.28. The molecular formula is C16H12F5NO3. The van der Waals surface area contributed by atoms with Gasteiger partial charge in [0.15, 0.2) is 0 Å². The van der Waals surface area contributed by atoms with Crippen LogP contribution in [0.4, 0.5) is 32.4 Å². The van der Waals surface area contributed by atoms with Crippen molar-refractivity contribution < 1.29 is 36.2 Å². The third kappa shape index (κ3) is 4.17. The molecule has 0 bridgehead atoms. The molecule has 2 aromatic carbocycles. The largest absolute Gasteiger partial charge is 0.451 e. The first-order chi connectivity index (χ1) is 11.7. The van der Waals surface area contributed by atoms with Gasteiger partial charge in [-0.3, -0.25) is 5.32 Å².